The number of hydrogen-bond donors (Lipinski definition) is 0. The molecule has 0 radical (unpaired) electrons. The van der Waals surface area contributed by atoms with E-state index >= 15 is 0 Å². The molecule has 1 atom stereocenters. The topological polar surface area (TPSA) is 70.8 Å². The van der Waals surface area contributed by atoms with Gasteiger partial charge in [0.05, 0.1) is 11.5 Å². The molecule has 3 aromatic rings. The fraction of sp³-hybridized carbons (Fsp3) is 0.400. The zero-order chi connectivity index (χ0) is 22.9. The van der Waals surface area contributed by atoms with Crippen LogP contribution in [0.15, 0.2) is 52.9 Å². The lowest BCUT2D eigenvalue weighted by molar-refractivity contribution is 0.0649. The van der Waals surface area contributed by atoms with E-state index in [-0.39, 0.29) is 29.2 Å². The van der Waals surface area contributed by atoms with Crippen LogP contribution in [0, 0.1) is 6.92 Å². The van der Waals surface area contributed by atoms with Gasteiger partial charge in [-0.15, -0.1) is 0 Å². The van der Waals surface area contributed by atoms with E-state index in [0.717, 1.165) is 35.3 Å². The molecule has 1 amide bonds. The second-order valence-corrected chi connectivity index (χ2v) is 10.6. The Morgan fingerprint density at radius 3 is 2.34 bits per heavy atom. The number of para-hydroxylation sites is 1. The average molecular weight is 455 g/mol. The van der Waals surface area contributed by atoms with Gasteiger partial charge < -0.3 is 14.2 Å². The van der Waals surface area contributed by atoms with Gasteiger partial charge in [-0.25, -0.2) is 8.42 Å². The van der Waals surface area contributed by atoms with E-state index in [1.807, 2.05) is 43.3 Å². The normalized spacial score (nSPS) is 17.5. The Hall–Kier alpha value is -2.80. The number of furan rings is 1. The zero-order valence-corrected chi connectivity index (χ0v) is 19.7. The Kier molecular flexibility index (Phi) is 6.29. The van der Waals surface area contributed by atoms with E-state index in [2.05, 4.69) is 30.9 Å². The van der Waals surface area contributed by atoms with Gasteiger partial charge in [0.1, 0.15) is 5.58 Å². The number of fused-ring (bicyclic) bond motifs is 1. The van der Waals surface area contributed by atoms with Gasteiger partial charge >= 0.3 is 0 Å². The molecule has 2 aromatic carbocycles. The quantitative estimate of drug-likeness (QED) is 0.529. The summed E-state index contributed by atoms with van der Waals surface area (Å²) in [6, 6.07) is 15.4. The van der Waals surface area contributed by atoms with Gasteiger partial charge in [-0.05, 0) is 51.0 Å². The van der Waals surface area contributed by atoms with Crippen molar-refractivity contribution in [2.24, 2.45) is 0 Å². The summed E-state index contributed by atoms with van der Waals surface area (Å²) < 4.78 is 30.3. The first kappa shape index (κ1) is 22.4. The van der Waals surface area contributed by atoms with Crippen LogP contribution in [0.2, 0.25) is 0 Å². The second kappa shape index (κ2) is 8.98. The van der Waals surface area contributed by atoms with Gasteiger partial charge in [0.2, 0.25) is 0 Å². The van der Waals surface area contributed by atoms with E-state index in [4.69, 9.17) is 4.42 Å². The van der Waals surface area contributed by atoms with Crippen molar-refractivity contribution in [1.29, 1.82) is 0 Å². The summed E-state index contributed by atoms with van der Waals surface area (Å²) in [6.45, 7) is 8.30. The number of rotatable bonds is 7. The Morgan fingerprint density at radius 1 is 1.06 bits per heavy atom. The zero-order valence-electron chi connectivity index (χ0n) is 18.9. The lowest BCUT2D eigenvalue weighted by atomic mass is 10.1. The van der Waals surface area contributed by atoms with Gasteiger partial charge in [-0.3, -0.25) is 4.79 Å². The maximum atomic E-state index is 13.6. The smallest absolute Gasteiger partial charge is 0.290 e. The summed E-state index contributed by atoms with van der Waals surface area (Å²) in [5.74, 6) is 0.140. The molecule has 7 heteroatoms. The van der Waals surface area contributed by atoms with Crippen LogP contribution in [0.25, 0.3) is 11.0 Å². The number of carbonyl (C=O) groups excluding carboxylic acids is 1. The molecule has 6 nitrogen and oxygen atoms in total. The molecule has 0 saturated carbocycles. The largest absolute Gasteiger partial charge is 0.451 e. The van der Waals surface area contributed by atoms with Crippen LogP contribution in [-0.2, 0) is 16.4 Å². The van der Waals surface area contributed by atoms with E-state index in [0.29, 0.717) is 18.5 Å². The molecule has 1 aliphatic heterocycles. The minimum Gasteiger partial charge on any atom is -0.451 e. The second-order valence-electron chi connectivity index (χ2n) is 8.38. The van der Waals surface area contributed by atoms with Crippen LogP contribution in [0.4, 0.5) is 5.69 Å². The number of sulfone groups is 1. The molecule has 0 spiro atoms. The monoisotopic (exact) mass is 454 g/mol. The molecular formula is C25H30N2O4S. The highest BCUT2D eigenvalue weighted by Gasteiger charge is 2.36. The van der Waals surface area contributed by atoms with Crippen LogP contribution in [0.3, 0.4) is 0 Å². The van der Waals surface area contributed by atoms with Crippen molar-refractivity contribution < 1.29 is 17.6 Å². The van der Waals surface area contributed by atoms with Crippen LogP contribution < -0.4 is 4.90 Å². The molecule has 1 aliphatic rings. The summed E-state index contributed by atoms with van der Waals surface area (Å²) in [6.07, 6.45) is 0.449. The molecule has 0 aliphatic carbocycles. The van der Waals surface area contributed by atoms with Crippen molar-refractivity contribution in [3.63, 3.8) is 0 Å². The number of amides is 1. The number of hydrogen-bond acceptors (Lipinski definition) is 5. The first-order valence-electron chi connectivity index (χ1n) is 11.2. The molecule has 1 aromatic heterocycles. The number of anilines is 1. The summed E-state index contributed by atoms with van der Waals surface area (Å²) in [5.41, 5.74) is 3.55. The predicted molar refractivity (Wildman–Crippen MR) is 128 cm³/mol. The van der Waals surface area contributed by atoms with E-state index in [1.165, 1.54) is 0 Å². The first-order chi connectivity index (χ1) is 15.3. The lowest BCUT2D eigenvalue weighted by Gasteiger charge is -2.28. The number of carbonyl (C=O) groups is 1. The van der Waals surface area contributed by atoms with Gasteiger partial charge in [0, 0.05) is 42.3 Å². The summed E-state index contributed by atoms with van der Waals surface area (Å²) in [5, 5.41) is 0.901. The van der Waals surface area contributed by atoms with Crippen LogP contribution >= 0.6 is 0 Å². The SMILES string of the molecule is CCN(CC)c1ccc(CN(C(=O)c2oc3ccccc3c2C)C2CCS(=O)(=O)C2)cc1. The molecular weight excluding hydrogens is 424 g/mol. The minimum absolute atomic E-state index is 0.00442. The predicted octanol–water partition coefficient (Wildman–Crippen LogP) is 4.42. The Morgan fingerprint density at radius 2 is 1.75 bits per heavy atom. The first-order valence-corrected chi connectivity index (χ1v) is 13.0. The van der Waals surface area contributed by atoms with E-state index < -0.39 is 9.84 Å². The molecule has 1 saturated heterocycles. The van der Waals surface area contributed by atoms with Crippen LogP contribution in [-0.4, -0.2) is 49.9 Å². The number of aryl methyl sites for hydroxylation is 1. The molecule has 0 bridgehead atoms. The Balaban J connectivity index is 1.66. The van der Waals surface area contributed by atoms with Gasteiger partial charge in [0.15, 0.2) is 15.6 Å². The third kappa shape index (κ3) is 4.39. The molecule has 1 unspecified atom stereocenters. The van der Waals surface area contributed by atoms with Crippen LogP contribution in [0.5, 0.6) is 0 Å². The minimum atomic E-state index is -3.14. The van der Waals surface area contributed by atoms with E-state index in [1.54, 1.807) is 4.90 Å². The van der Waals surface area contributed by atoms with Gasteiger partial charge in [0.25, 0.3) is 5.91 Å². The summed E-state index contributed by atoms with van der Waals surface area (Å²) >= 11 is 0. The number of benzene rings is 2. The van der Waals surface area contributed by atoms with Crippen molar-refractivity contribution in [3.8, 4) is 0 Å². The highest BCUT2D eigenvalue weighted by Crippen LogP contribution is 2.29. The van der Waals surface area contributed by atoms with Crippen molar-refractivity contribution >= 4 is 32.4 Å². The maximum absolute atomic E-state index is 13.6. The molecule has 1 fully saturated rings. The Labute approximate surface area is 189 Å². The summed E-state index contributed by atoms with van der Waals surface area (Å²) in [7, 11) is -3.14. The molecule has 32 heavy (non-hydrogen) atoms. The fourth-order valence-corrected chi connectivity index (χ4v) is 6.23. The highest BCUT2D eigenvalue weighted by molar-refractivity contribution is 7.91. The van der Waals surface area contributed by atoms with Crippen LogP contribution in [0.1, 0.15) is 41.9 Å². The fourth-order valence-electron chi connectivity index (χ4n) is 4.49. The highest BCUT2D eigenvalue weighted by atomic mass is 32.2. The standard InChI is InChI=1S/C25H30N2O4S/c1-4-26(5-2)20-12-10-19(11-13-20)16-27(21-14-15-32(29,30)17-21)25(28)24-18(3)22-8-6-7-9-23(22)31-24/h6-13,21H,4-5,14-17H2,1-3H3. The molecule has 4 rings (SSSR count). The maximum Gasteiger partial charge on any atom is 0.290 e. The van der Waals surface area contributed by atoms with Gasteiger partial charge in [-0.1, -0.05) is 30.3 Å². The van der Waals surface area contributed by atoms with Crippen molar-refractivity contribution in [2.75, 3.05) is 29.5 Å². The van der Waals surface area contributed by atoms with Crippen molar-refractivity contribution in [2.45, 2.75) is 39.8 Å². The lowest BCUT2D eigenvalue weighted by Crippen LogP contribution is -2.40. The number of nitrogens with zero attached hydrogens (tertiary/aromatic N) is 2. The van der Waals surface area contributed by atoms with Crippen molar-refractivity contribution in [3.05, 3.63) is 65.4 Å². The van der Waals surface area contributed by atoms with E-state index in [9.17, 15) is 13.2 Å². The summed E-state index contributed by atoms with van der Waals surface area (Å²) in [4.78, 5) is 17.6. The third-order valence-corrected chi connectivity index (χ3v) is 8.12. The molecule has 2 heterocycles. The average Bonchev–Trinajstić information content (AvgIpc) is 3.32. The van der Waals surface area contributed by atoms with Crippen molar-refractivity contribution in [1.82, 2.24) is 4.90 Å². The van der Waals surface area contributed by atoms with Gasteiger partial charge in [-0.2, -0.15) is 0 Å². The third-order valence-electron chi connectivity index (χ3n) is 6.37. The molecule has 170 valence electrons. The Bertz CT molecular complexity index is 1210. The molecule has 0 N–H and O–H groups in total.